The molecule has 2 aliphatic rings. The van der Waals surface area contributed by atoms with Crippen LogP contribution in [0, 0.1) is 23.2 Å². The lowest BCUT2D eigenvalue weighted by atomic mass is 9.61. The third kappa shape index (κ3) is 3.52. The van der Waals surface area contributed by atoms with Gasteiger partial charge in [0.2, 0.25) is 0 Å². The van der Waals surface area contributed by atoms with Crippen LogP contribution in [0.5, 0.6) is 0 Å². The molecule has 2 nitrogen and oxygen atoms in total. The zero-order valence-corrected chi connectivity index (χ0v) is 13.8. The monoisotopic (exact) mass is 266 g/mol. The van der Waals surface area contributed by atoms with Crippen molar-refractivity contribution in [2.75, 3.05) is 40.3 Å². The summed E-state index contributed by atoms with van der Waals surface area (Å²) in [5, 5.41) is 0. The van der Waals surface area contributed by atoms with E-state index >= 15 is 0 Å². The molecule has 0 radical (unpaired) electrons. The molecule has 0 spiro atoms. The molecule has 0 amide bonds. The van der Waals surface area contributed by atoms with Gasteiger partial charge in [-0.2, -0.15) is 0 Å². The summed E-state index contributed by atoms with van der Waals surface area (Å²) >= 11 is 0. The molecule has 0 aromatic rings. The first-order chi connectivity index (χ1) is 8.91. The molecule has 0 bridgehead atoms. The van der Waals surface area contributed by atoms with E-state index < -0.39 is 0 Å². The molecular formula is C17H34N2. The largest absolute Gasteiger partial charge is 0.306 e. The van der Waals surface area contributed by atoms with Gasteiger partial charge in [0, 0.05) is 0 Å². The highest BCUT2D eigenvalue weighted by Crippen LogP contribution is 2.45. The van der Waals surface area contributed by atoms with E-state index in [0.717, 1.165) is 17.8 Å². The van der Waals surface area contributed by atoms with Crippen LogP contribution in [0.2, 0.25) is 0 Å². The highest BCUT2D eigenvalue weighted by Gasteiger charge is 2.39. The lowest BCUT2D eigenvalue weighted by Gasteiger charge is -2.47. The van der Waals surface area contributed by atoms with Crippen molar-refractivity contribution in [2.24, 2.45) is 23.2 Å². The lowest BCUT2D eigenvalue weighted by Crippen LogP contribution is -2.43. The van der Waals surface area contributed by atoms with Crippen LogP contribution >= 0.6 is 0 Å². The minimum Gasteiger partial charge on any atom is -0.306 e. The summed E-state index contributed by atoms with van der Waals surface area (Å²) < 4.78 is 0. The number of piperidine rings is 2. The van der Waals surface area contributed by atoms with Gasteiger partial charge in [0.15, 0.2) is 0 Å². The summed E-state index contributed by atoms with van der Waals surface area (Å²) in [6.07, 6.45) is 5.63. The van der Waals surface area contributed by atoms with E-state index in [-0.39, 0.29) is 0 Å². The Morgan fingerprint density at radius 2 is 1.26 bits per heavy atom. The molecule has 2 fully saturated rings. The van der Waals surface area contributed by atoms with Crippen LogP contribution in [-0.2, 0) is 0 Å². The standard InChI is InChI=1S/C17H34N2/c1-14(15-6-10-18(4)11-7-15)17(2,3)16-8-12-19(5)13-9-16/h14-16H,6-13H2,1-5H3. The minimum atomic E-state index is 0.516. The Morgan fingerprint density at radius 1 is 0.842 bits per heavy atom. The van der Waals surface area contributed by atoms with Gasteiger partial charge >= 0.3 is 0 Å². The summed E-state index contributed by atoms with van der Waals surface area (Å²) in [6, 6.07) is 0. The fourth-order valence-corrected chi connectivity index (χ4v) is 4.26. The lowest BCUT2D eigenvalue weighted by molar-refractivity contribution is 0.0214. The Bertz CT molecular complexity index is 271. The molecule has 0 aromatic heterocycles. The Labute approximate surface area is 120 Å². The van der Waals surface area contributed by atoms with Crippen molar-refractivity contribution in [2.45, 2.75) is 46.5 Å². The first kappa shape index (κ1) is 15.3. The molecule has 0 aliphatic carbocycles. The zero-order chi connectivity index (χ0) is 14.0. The molecule has 0 aromatic carbocycles. The number of rotatable bonds is 3. The molecule has 1 unspecified atom stereocenters. The first-order valence-electron chi connectivity index (χ1n) is 8.28. The van der Waals surface area contributed by atoms with E-state index in [0.29, 0.717) is 5.41 Å². The highest BCUT2D eigenvalue weighted by molar-refractivity contribution is 4.90. The summed E-state index contributed by atoms with van der Waals surface area (Å²) in [5.41, 5.74) is 0.516. The van der Waals surface area contributed by atoms with Crippen LogP contribution in [0.4, 0.5) is 0 Å². The zero-order valence-electron chi connectivity index (χ0n) is 13.8. The molecule has 1 atom stereocenters. The van der Waals surface area contributed by atoms with Crippen molar-refractivity contribution >= 4 is 0 Å². The van der Waals surface area contributed by atoms with Gasteiger partial charge in [-0.05, 0) is 89.1 Å². The SMILES string of the molecule is CC(C1CCN(C)CC1)C(C)(C)C1CCN(C)CC1. The van der Waals surface area contributed by atoms with Crippen molar-refractivity contribution in [3.8, 4) is 0 Å². The molecule has 112 valence electrons. The third-order valence-electron chi connectivity index (χ3n) is 6.41. The Balaban J connectivity index is 1.94. The molecule has 0 saturated carbocycles. The average Bonchev–Trinajstić information content (AvgIpc) is 2.39. The quantitative estimate of drug-likeness (QED) is 0.773. The Hall–Kier alpha value is -0.0800. The van der Waals surface area contributed by atoms with E-state index in [9.17, 15) is 0 Å². The predicted molar refractivity (Wildman–Crippen MR) is 83.4 cm³/mol. The van der Waals surface area contributed by atoms with Crippen molar-refractivity contribution in [1.82, 2.24) is 9.80 Å². The minimum absolute atomic E-state index is 0.516. The molecular weight excluding hydrogens is 232 g/mol. The maximum atomic E-state index is 2.55. The summed E-state index contributed by atoms with van der Waals surface area (Å²) in [4.78, 5) is 4.98. The number of likely N-dealkylation sites (tertiary alicyclic amines) is 2. The summed E-state index contributed by atoms with van der Waals surface area (Å²) in [7, 11) is 4.53. The van der Waals surface area contributed by atoms with Gasteiger partial charge < -0.3 is 9.80 Å². The van der Waals surface area contributed by atoms with Crippen molar-refractivity contribution in [3.63, 3.8) is 0 Å². The average molecular weight is 266 g/mol. The predicted octanol–water partition coefficient (Wildman–Crippen LogP) is 3.33. The van der Waals surface area contributed by atoms with Crippen LogP contribution in [-0.4, -0.2) is 50.1 Å². The van der Waals surface area contributed by atoms with Gasteiger partial charge in [0.25, 0.3) is 0 Å². The van der Waals surface area contributed by atoms with E-state index in [1.54, 1.807) is 0 Å². The smallest absolute Gasteiger partial charge is 0.00189 e. The molecule has 0 N–H and O–H groups in total. The maximum absolute atomic E-state index is 2.55. The molecule has 2 rings (SSSR count). The third-order valence-corrected chi connectivity index (χ3v) is 6.41. The number of hydrogen-bond donors (Lipinski definition) is 0. The van der Waals surface area contributed by atoms with Gasteiger partial charge in [-0.25, -0.2) is 0 Å². The molecule has 2 heteroatoms. The van der Waals surface area contributed by atoms with Crippen LogP contribution in [0.1, 0.15) is 46.5 Å². The van der Waals surface area contributed by atoms with Gasteiger partial charge in [0.05, 0.1) is 0 Å². The summed E-state index contributed by atoms with van der Waals surface area (Å²) in [5.74, 6) is 2.75. The molecule has 2 aliphatic heterocycles. The van der Waals surface area contributed by atoms with Crippen LogP contribution in [0.3, 0.4) is 0 Å². The van der Waals surface area contributed by atoms with E-state index in [1.165, 1.54) is 51.9 Å². The highest BCUT2D eigenvalue weighted by atomic mass is 15.1. The fourth-order valence-electron chi connectivity index (χ4n) is 4.26. The van der Waals surface area contributed by atoms with E-state index in [2.05, 4.69) is 44.7 Å². The molecule has 19 heavy (non-hydrogen) atoms. The Morgan fingerprint density at radius 3 is 1.74 bits per heavy atom. The number of hydrogen-bond acceptors (Lipinski definition) is 2. The molecule has 2 heterocycles. The van der Waals surface area contributed by atoms with Crippen molar-refractivity contribution in [1.29, 1.82) is 0 Å². The summed E-state index contributed by atoms with van der Waals surface area (Å²) in [6.45, 7) is 12.8. The fraction of sp³-hybridized carbons (Fsp3) is 1.00. The first-order valence-corrected chi connectivity index (χ1v) is 8.28. The normalized spacial score (nSPS) is 27.6. The molecule has 2 saturated heterocycles. The van der Waals surface area contributed by atoms with E-state index in [1.807, 2.05) is 0 Å². The van der Waals surface area contributed by atoms with Crippen LogP contribution < -0.4 is 0 Å². The van der Waals surface area contributed by atoms with E-state index in [4.69, 9.17) is 0 Å². The second-order valence-electron chi connectivity index (χ2n) is 7.83. The van der Waals surface area contributed by atoms with Gasteiger partial charge in [-0.1, -0.05) is 20.8 Å². The maximum Gasteiger partial charge on any atom is -0.00189 e. The second kappa shape index (κ2) is 6.13. The van der Waals surface area contributed by atoms with Gasteiger partial charge in [-0.3, -0.25) is 0 Å². The van der Waals surface area contributed by atoms with Crippen LogP contribution in [0.15, 0.2) is 0 Å². The topological polar surface area (TPSA) is 6.48 Å². The Kier molecular flexibility index (Phi) is 4.94. The number of nitrogens with zero attached hydrogens (tertiary/aromatic N) is 2. The van der Waals surface area contributed by atoms with Crippen molar-refractivity contribution < 1.29 is 0 Å². The van der Waals surface area contributed by atoms with Crippen LogP contribution in [0.25, 0.3) is 0 Å². The van der Waals surface area contributed by atoms with Gasteiger partial charge in [0.1, 0.15) is 0 Å². The van der Waals surface area contributed by atoms with Gasteiger partial charge in [-0.15, -0.1) is 0 Å². The van der Waals surface area contributed by atoms with Crippen molar-refractivity contribution in [3.05, 3.63) is 0 Å². The second-order valence-corrected chi connectivity index (χ2v) is 7.83.